The summed E-state index contributed by atoms with van der Waals surface area (Å²) < 4.78 is 0. The summed E-state index contributed by atoms with van der Waals surface area (Å²) in [4.78, 5) is 4.15. The number of anilines is 1. The van der Waals surface area contributed by atoms with Crippen molar-refractivity contribution in [1.82, 2.24) is 10.3 Å². The van der Waals surface area contributed by atoms with Gasteiger partial charge in [-0.05, 0) is 36.8 Å². The Morgan fingerprint density at radius 2 is 1.94 bits per heavy atom. The van der Waals surface area contributed by atoms with E-state index in [4.69, 9.17) is 12.2 Å². The molecule has 2 aromatic rings. The van der Waals surface area contributed by atoms with E-state index in [0.717, 1.165) is 5.82 Å². The molecule has 0 fully saturated rings. The highest BCUT2D eigenvalue weighted by atomic mass is 32.1. The van der Waals surface area contributed by atoms with Crippen LogP contribution in [0.5, 0.6) is 0 Å². The molecule has 4 heteroatoms. The molecule has 0 bridgehead atoms. The third kappa shape index (κ3) is 3.82. The van der Waals surface area contributed by atoms with Gasteiger partial charge in [0.1, 0.15) is 5.82 Å². The van der Waals surface area contributed by atoms with Gasteiger partial charge in [0, 0.05) is 12.7 Å². The molecule has 0 spiro atoms. The summed E-state index contributed by atoms with van der Waals surface area (Å²) >= 11 is 5.20. The van der Waals surface area contributed by atoms with Gasteiger partial charge in [-0.3, -0.25) is 0 Å². The molecule has 1 aromatic heterocycles. The van der Waals surface area contributed by atoms with Crippen molar-refractivity contribution in [3.8, 4) is 0 Å². The number of aryl methyl sites for hydroxylation is 1. The Balaban J connectivity index is 1.83. The van der Waals surface area contributed by atoms with Crippen molar-refractivity contribution in [3.63, 3.8) is 0 Å². The molecule has 0 amide bonds. The lowest BCUT2D eigenvalue weighted by atomic mass is 10.1. The molecular weight excluding hydrogens is 242 g/mol. The molecule has 18 heavy (non-hydrogen) atoms. The predicted molar refractivity (Wildman–Crippen MR) is 78.5 cm³/mol. The second-order valence-corrected chi connectivity index (χ2v) is 4.42. The Kier molecular flexibility index (Phi) is 4.25. The number of nitrogens with one attached hydrogen (secondary N) is 2. The molecule has 1 aromatic carbocycles. The molecule has 0 aliphatic rings. The highest BCUT2D eigenvalue weighted by molar-refractivity contribution is 7.80. The van der Waals surface area contributed by atoms with Gasteiger partial charge in [-0.15, -0.1) is 0 Å². The first-order valence-electron chi connectivity index (χ1n) is 5.75. The van der Waals surface area contributed by atoms with Gasteiger partial charge in [0.05, 0.1) is 0 Å². The Labute approximate surface area is 112 Å². The van der Waals surface area contributed by atoms with Crippen LogP contribution in [0.2, 0.25) is 0 Å². The van der Waals surface area contributed by atoms with E-state index in [-0.39, 0.29) is 0 Å². The zero-order chi connectivity index (χ0) is 12.8. The van der Waals surface area contributed by atoms with E-state index in [2.05, 4.69) is 46.8 Å². The van der Waals surface area contributed by atoms with Gasteiger partial charge < -0.3 is 10.6 Å². The number of benzene rings is 1. The molecular formula is C14H15N3S. The largest absolute Gasteiger partial charge is 0.358 e. The Bertz CT molecular complexity index is 508. The zero-order valence-corrected chi connectivity index (χ0v) is 11.0. The summed E-state index contributed by atoms with van der Waals surface area (Å²) in [6.45, 7) is 2.78. The number of pyridine rings is 1. The van der Waals surface area contributed by atoms with Gasteiger partial charge in [-0.2, -0.15) is 0 Å². The average Bonchev–Trinajstić information content (AvgIpc) is 2.39. The third-order valence-corrected chi connectivity index (χ3v) is 2.73. The second kappa shape index (κ2) is 6.12. The summed E-state index contributed by atoms with van der Waals surface area (Å²) in [6, 6.07) is 14.0. The van der Waals surface area contributed by atoms with Crippen LogP contribution in [0.15, 0.2) is 48.7 Å². The molecule has 0 aliphatic heterocycles. The van der Waals surface area contributed by atoms with Crippen molar-refractivity contribution in [2.45, 2.75) is 13.5 Å². The van der Waals surface area contributed by atoms with Crippen molar-refractivity contribution in [3.05, 3.63) is 59.8 Å². The molecule has 3 nitrogen and oxygen atoms in total. The van der Waals surface area contributed by atoms with E-state index >= 15 is 0 Å². The van der Waals surface area contributed by atoms with Crippen molar-refractivity contribution < 1.29 is 0 Å². The van der Waals surface area contributed by atoms with E-state index in [9.17, 15) is 0 Å². The Morgan fingerprint density at radius 3 is 2.61 bits per heavy atom. The number of thiocarbonyl (C=S) groups is 1. The zero-order valence-electron chi connectivity index (χ0n) is 10.2. The van der Waals surface area contributed by atoms with E-state index in [1.54, 1.807) is 6.20 Å². The maximum Gasteiger partial charge on any atom is 0.172 e. The number of hydrogen-bond acceptors (Lipinski definition) is 2. The van der Waals surface area contributed by atoms with Gasteiger partial charge in [0.2, 0.25) is 0 Å². The van der Waals surface area contributed by atoms with Crippen LogP contribution in [-0.4, -0.2) is 10.1 Å². The highest BCUT2D eigenvalue weighted by Gasteiger charge is 1.98. The fourth-order valence-electron chi connectivity index (χ4n) is 1.49. The van der Waals surface area contributed by atoms with Crippen molar-refractivity contribution in [1.29, 1.82) is 0 Å². The molecule has 0 saturated carbocycles. The SMILES string of the molecule is Cc1ccc(CNC(=S)Nc2ccccn2)cc1. The van der Waals surface area contributed by atoms with E-state index in [0.29, 0.717) is 11.7 Å². The van der Waals surface area contributed by atoms with Gasteiger partial charge in [-0.1, -0.05) is 35.9 Å². The number of rotatable bonds is 3. The molecule has 0 atom stereocenters. The van der Waals surface area contributed by atoms with Crippen LogP contribution in [0.25, 0.3) is 0 Å². The van der Waals surface area contributed by atoms with Gasteiger partial charge in [0.15, 0.2) is 5.11 Å². The highest BCUT2D eigenvalue weighted by Crippen LogP contribution is 2.03. The summed E-state index contributed by atoms with van der Waals surface area (Å²) in [6.07, 6.45) is 1.73. The van der Waals surface area contributed by atoms with Crippen molar-refractivity contribution in [2.24, 2.45) is 0 Å². The topological polar surface area (TPSA) is 37.0 Å². The first kappa shape index (κ1) is 12.5. The predicted octanol–water partition coefficient (Wildman–Crippen LogP) is 2.88. The molecule has 1 heterocycles. The normalized spacial score (nSPS) is 9.83. The van der Waals surface area contributed by atoms with Gasteiger partial charge >= 0.3 is 0 Å². The lowest BCUT2D eigenvalue weighted by Gasteiger charge is -2.09. The molecule has 0 saturated heterocycles. The van der Waals surface area contributed by atoms with Crippen LogP contribution >= 0.6 is 12.2 Å². The van der Waals surface area contributed by atoms with Crippen LogP contribution in [0, 0.1) is 6.92 Å². The Morgan fingerprint density at radius 1 is 1.17 bits per heavy atom. The van der Waals surface area contributed by atoms with E-state index < -0.39 is 0 Å². The fraction of sp³-hybridized carbons (Fsp3) is 0.143. The first-order valence-corrected chi connectivity index (χ1v) is 6.16. The van der Waals surface area contributed by atoms with Crippen LogP contribution in [0.1, 0.15) is 11.1 Å². The minimum Gasteiger partial charge on any atom is -0.358 e. The minimum atomic E-state index is 0.578. The van der Waals surface area contributed by atoms with Gasteiger partial charge in [-0.25, -0.2) is 4.98 Å². The summed E-state index contributed by atoms with van der Waals surface area (Å²) in [7, 11) is 0. The monoisotopic (exact) mass is 257 g/mol. The first-order chi connectivity index (χ1) is 8.74. The van der Waals surface area contributed by atoms with Crippen LogP contribution in [0.4, 0.5) is 5.82 Å². The number of aromatic nitrogens is 1. The average molecular weight is 257 g/mol. The Hall–Kier alpha value is -1.94. The lowest BCUT2D eigenvalue weighted by Crippen LogP contribution is -2.28. The van der Waals surface area contributed by atoms with Crippen molar-refractivity contribution in [2.75, 3.05) is 5.32 Å². The summed E-state index contributed by atoms with van der Waals surface area (Å²) in [5, 5.41) is 6.76. The van der Waals surface area contributed by atoms with Crippen LogP contribution in [-0.2, 0) is 6.54 Å². The maximum atomic E-state index is 5.20. The van der Waals surface area contributed by atoms with E-state index in [1.165, 1.54) is 11.1 Å². The summed E-state index contributed by atoms with van der Waals surface area (Å²) in [5.41, 5.74) is 2.46. The molecule has 2 N–H and O–H groups in total. The molecule has 92 valence electrons. The molecule has 0 radical (unpaired) electrons. The smallest absolute Gasteiger partial charge is 0.172 e. The van der Waals surface area contributed by atoms with E-state index in [1.807, 2.05) is 18.2 Å². The van der Waals surface area contributed by atoms with Crippen molar-refractivity contribution >= 4 is 23.1 Å². The van der Waals surface area contributed by atoms with Crippen LogP contribution in [0.3, 0.4) is 0 Å². The quantitative estimate of drug-likeness (QED) is 0.829. The summed E-state index contributed by atoms with van der Waals surface area (Å²) in [5.74, 6) is 0.749. The minimum absolute atomic E-state index is 0.578. The second-order valence-electron chi connectivity index (χ2n) is 4.01. The fourth-order valence-corrected chi connectivity index (χ4v) is 1.66. The maximum absolute atomic E-state index is 5.20. The molecule has 0 unspecified atom stereocenters. The lowest BCUT2D eigenvalue weighted by molar-refractivity contribution is 0.924. The van der Waals surface area contributed by atoms with Crippen LogP contribution < -0.4 is 10.6 Å². The molecule has 0 aliphatic carbocycles. The number of hydrogen-bond donors (Lipinski definition) is 2. The third-order valence-electron chi connectivity index (χ3n) is 2.48. The van der Waals surface area contributed by atoms with Gasteiger partial charge in [0.25, 0.3) is 0 Å². The standard InChI is InChI=1S/C14H15N3S/c1-11-5-7-12(8-6-11)10-16-14(18)17-13-4-2-3-9-15-13/h2-9H,10H2,1H3,(H2,15,16,17,18). The number of nitrogens with zero attached hydrogens (tertiary/aromatic N) is 1. The molecule has 2 rings (SSSR count).